The van der Waals surface area contributed by atoms with Gasteiger partial charge in [0.2, 0.25) is 5.91 Å². The van der Waals surface area contributed by atoms with E-state index in [0.29, 0.717) is 5.69 Å². The van der Waals surface area contributed by atoms with Crippen molar-refractivity contribution in [1.82, 2.24) is 0 Å². The molecular formula is C11H13FN2O3. The molecule has 0 spiro atoms. The Labute approximate surface area is 97.6 Å². The van der Waals surface area contributed by atoms with Crippen LogP contribution in [0.15, 0.2) is 24.3 Å². The van der Waals surface area contributed by atoms with Crippen molar-refractivity contribution in [3.05, 3.63) is 30.1 Å². The normalized spacial score (nSPS) is 11.9. The highest BCUT2D eigenvalue weighted by molar-refractivity contribution is 5.95. The quantitative estimate of drug-likeness (QED) is 0.806. The molecule has 6 heteroatoms. The maximum Gasteiger partial charge on any atom is 0.321 e. The van der Waals surface area contributed by atoms with Gasteiger partial charge in [-0.25, -0.2) is 4.39 Å². The highest BCUT2D eigenvalue weighted by atomic mass is 19.1. The Morgan fingerprint density at radius 2 is 1.94 bits per heavy atom. The Morgan fingerprint density at radius 1 is 1.41 bits per heavy atom. The minimum Gasteiger partial charge on any atom is -0.480 e. The summed E-state index contributed by atoms with van der Waals surface area (Å²) in [5.74, 6) is -2.07. The molecule has 1 rings (SSSR count). The molecule has 0 saturated carbocycles. The van der Waals surface area contributed by atoms with Crippen molar-refractivity contribution in [2.24, 2.45) is 5.73 Å². The summed E-state index contributed by atoms with van der Waals surface area (Å²) >= 11 is 0. The lowest BCUT2D eigenvalue weighted by Crippen LogP contribution is -2.37. The predicted octanol–water partition coefficient (Wildman–Crippen LogP) is 0.591. The van der Waals surface area contributed by atoms with Gasteiger partial charge in [0, 0.05) is 12.7 Å². The summed E-state index contributed by atoms with van der Waals surface area (Å²) < 4.78 is 12.7. The van der Waals surface area contributed by atoms with Crippen molar-refractivity contribution in [3.8, 4) is 0 Å². The lowest BCUT2D eigenvalue weighted by Gasteiger charge is -2.18. The molecule has 5 nitrogen and oxygen atoms in total. The molecule has 0 aromatic heterocycles. The third-order valence-electron chi connectivity index (χ3n) is 2.30. The number of aliphatic carboxylic acids is 1. The van der Waals surface area contributed by atoms with E-state index >= 15 is 0 Å². The van der Waals surface area contributed by atoms with E-state index in [0.717, 1.165) is 0 Å². The van der Waals surface area contributed by atoms with E-state index in [1.54, 1.807) is 0 Å². The lowest BCUT2D eigenvalue weighted by molar-refractivity contribution is -0.140. The first-order valence-electron chi connectivity index (χ1n) is 4.92. The van der Waals surface area contributed by atoms with Crippen LogP contribution in [0, 0.1) is 5.82 Å². The molecule has 17 heavy (non-hydrogen) atoms. The third-order valence-corrected chi connectivity index (χ3v) is 2.30. The average molecular weight is 240 g/mol. The SMILES string of the molecule is CN(C(=O)CC(N)C(=O)O)c1ccc(F)cc1. The van der Waals surface area contributed by atoms with E-state index in [1.165, 1.54) is 36.2 Å². The van der Waals surface area contributed by atoms with Gasteiger partial charge in [-0.1, -0.05) is 0 Å². The number of carboxylic acid groups (broad SMARTS) is 1. The van der Waals surface area contributed by atoms with Crippen molar-refractivity contribution in [1.29, 1.82) is 0 Å². The number of anilines is 1. The highest BCUT2D eigenvalue weighted by Gasteiger charge is 2.19. The number of nitrogens with two attached hydrogens (primary N) is 1. The molecule has 0 fully saturated rings. The van der Waals surface area contributed by atoms with Gasteiger partial charge >= 0.3 is 5.97 Å². The van der Waals surface area contributed by atoms with Gasteiger partial charge in [-0.3, -0.25) is 9.59 Å². The van der Waals surface area contributed by atoms with Gasteiger partial charge in [0.1, 0.15) is 11.9 Å². The fraction of sp³-hybridized carbons (Fsp3) is 0.273. The Bertz CT molecular complexity index is 419. The van der Waals surface area contributed by atoms with Crippen molar-refractivity contribution in [3.63, 3.8) is 0 Å². The number of hydrogen-bond acceptors (Lipinski definition) is 3. The van der Waals surface area contributed by atoms with Crippen LogP contribution in [0.5, 0.6) is 0 Å². The molecule has 0 aliphatic heterocycles. The Morgan fingerprint density at radius 3 is 2.41 bits per heavy atom. The fourth-order valence-electron chi connectivity index (χ4n) is 1.22. The first-order valence-corrected chi connectivity index (χ1v) is 4.92. The van der Waals surface area contributed by atoms with Crippen LogP contribution < -0.4 is 10.6 Å². The van der Waals surface area contributed by atoms with Gasteiger partial charge in [0.25, 0.3) is 0 Å². The van der Waals surface area contributed by atoms with Crippen LogP contribution in [0.2, 0.25) is 0 Å². The van der Waals surface area contributed by atoms with Gasteiger partial charge in [-0.15, -0.1) is 0 Å². The second kappa shape index (κ2) is 5.40. The first-order chi connectivity index (χ1) is 7.91. The summed E-state index contributed by atoms with van der Waals surface area (Å²) in [7, 11) is 1.48. The molecular weight excluding hydrogens is 227 g/mol. The monoisotopic (exact) mass is 240 g/mol. The summed E-state index contributed by atoms with van der Waals surface area (Å²) in [6.07, 6.45) is -0.302. The second-order valence-corrected chi connectivity index (χ2v) is 3.58. The molecule has 1 atom stereocenters. The summed E-state index contributed by atoms with van der Waals surface area (Å²) in [4.78, 5) is 23.4. The maximum atomic E-state index is 12.7. The number of halogens is 1. The number of carboxylic acids is 1. The zero-order valence-electron chi connectivity index (χ0n) is 9.26. The van der Waals surface area contributed by atoms with Crippen molar-refractivity contribution in [2.75, 3.05) is 11.9 Å². The zero-order valence-corrected chi connectivity index (χ0v) is 9.26. The van der Waals surface area contributed by atoms with E-state index in [1.807, 2.05) is 0 Å². The number of carbonyl (C=O) groups is 2. The van der Waals surface area contributed by atoms with Crippen molar-refractivity contribution in [2.45, 2.75) is 12.5 Å². The van der Waals surface area contributed by atoms with Crippen LogP contribution in [-0.4, -0.2) is 30.1 Å². The summed E-state index contributed by atoms with van der Waals surface area (Å²) in [6, 6.07) is 4.07. The van der Waals surface area contributed by atoms with Crippen LogP contribution >= 0.6 is 0 Å². The van der Waals surface area contributed by atoms with E-state index in [-0.39, 0.29) is 6.42 Å². The smallest absolute Gasteiger partial charge is 0.321 e. The molecule has 1 aromatic carbocycles. The molecule has 1 aromatic rings. The standard InChI is InChI=1S/C11H13FN2O3/c1-14(8-4-2-7(12)3-5-8)10(15)6-9(13)11(16)17/h2-5,9H,6,13H2,1H3,(H,16,17). The molecule has 0 aliphatic rings. The number of benzene rings is 1. The summed E-state index contributed by atoms with van der Waals surface area (Å²) in [6.45, 7) is 0. The van der Waals surface area contributed by atoms with Gasteiger partial charge in [-0.05, 0) is 24.3 Å². The Kier molecular flexibility index (Phi) is 4.17. The number of amides is 1. The first kappa shape index (κ1) is 13.1. The number of nitrogens with zero attached hydrogens (tertiary/aromatic N) is 1. The molecule has 3 N–H and O–H groups in total. The topological polar surface area (TPSA) is 83.6 Å². The molecule has 0 bridgehead atoms. The second-order valence-electron chi connectivity index (χ2n) is 3.58. The van der Waals surface area contributed by atoms with Crippen LogP contribution in [-0.2, 0) is 9.59 Å². The molecule has 1 amide bonds. The van der Waals surface area contributed by atoms with Crippen LogP contribution in [0.25, 0.3) is 0 Å². The number of rotatable bonds is 4. The minimum absolute atomic E-state index is 0.302. The van der Waals surface area contributed by atoms with Gasteiger partial charge in [-0.2, -0.15) is 0 Å². The van der Waals surface area contributed by atoms with E-state index in [2.05, 4.69) is 0 Å². The number of carbonyl (C=O) groups excluding carboxylic acids is 1. The van der Waals surface area contributed by atoms with Crippen molar-refractivity contribution < 1.29 is 19.1 Å². The molecule has 92 valence electrons. The molecule has 0 radical (unpaired) electrons. The molecule has 1 unspecified atom stereocenters. The highest BCUT2D eigenvalue weighted by Crippen LogP contribution is 2.14. The molecule has 0 heterocycles. The maximum absolute atomic E-state index is 12.7. The van der Waals surface area contributed by atoms with Gasteiger partial charge in [0.05, 0.1) is 6.42 Å². The minimum atomic E-state index is -1.23. The van der Waals surface area contributed by atoms with E-state index in [4.69, 9.17) is 10.8 Å². The Balaban J connectivity index is 2.70. The van der Waals surface area contributed by atoms with Crippen LogP contribution in [0.4, 0.5) is 10.1 Å². The van der Waals surface area contributed by atoms with Crippen LogP contribution in [0.3, 0.4) is 0 Å². The Hall–Kier alpha value is -1.95. The molecule has 0 aliphatic carbocycles. The van der Waals surface area contributed by atoms with Crippen LogP contribution in [0.1, 0.15) is 6.42 Å². The zero-order chi connectivity index (χ0) is 13.0. The lowest BCUT2D eigenvalue weighted by atomic mass is 10.2. The number of hydrogen-bond donors (Lipinski definition) is 2. The summed E-state index contributed by atoms with van der Waals surface area (Å²) in [5.41, 5.74) is 5.73. The fourth-order valence-corrected chi connectivity index (χ4v) is 1.22. The van der Waals surface area contributed by atoms with E-state index in [9.17, 15) is 14.0 Å². The average Bonchev–Trinajstić information content (AvgIpc) is 2.28. The third kappa shape index (κ3) is 3.53. The van der Waals surface area contributed by atoms with Gasteiger partial charge in [0.15, 0.2) is 0 Å². The largest absolute Gasteiger partial charge is 0.480 e. The van der Waals surface area contributed by atoms with E-state index < -0.39 is 23.7 Å². The van der Waals surface area contributed by atoms with Crippen molar-refractivity contribution >= 4 is 17.6 Å². The summed E-state index contributed by atoms with van der Waals surface area (Å²) in [5, 5.41) is 8.57. The molecule has 0 saturated heterocycles. The predicted molar refractivity (Wildman–Crippen MR) is 60.0 cm³/mol. The van der Waals surface area contributed by atoms with Gasteiger partial charge < -0.3 is 15.7 Å².